The molecule has 0 atom stereocenters. The minimum absolute atomic E-state index is 0.214. The molecule has 0 bridgehead atoms. The maximum atomic E-state index is 12.5. The van der Waals surface area contributed by atoms with E-state index in [1.54, 1.807) is 32.5 Å². The second kappa shape index (κ2) is 6.76. The van der Waals surface area contributed by atoms with Crippen LogP contribution in [-0.4, -0.2) is 39.1 Å². The first-order valence-electron chi connectivity index (χ1n) is 7.62. The van der Waals surface area contributed by atoms with Crippen molar-refractivity contribution < 1.29 is 13.9 Å². The normalized spacial score (nSPS) is 10.8. The molecule has 0 fully saturated rings. The molecular formula is C18H18BrN3O3. The molecule has 0 unspecified atom stereocenters. The van der Waals surface area contributed by atoms with E-state index in [0.29, 0.717) is 22.8 Å². The summed E-state index contributed by atoms with van der Waals surface area (Å²) in [6.45, 7) is 0. The number of carbonyl (C=O) groups is 1. The van der Waals surface area contributed by atoms with Gasteiger partial charge in [0.15, 0.2) is 0 Å². The van der Waals surface area contributed by atoms with Crippen molar-refractivity contribution in [1.29, 1.82) is 0 Å². The number of benzene rings is 1. The first-order valence-corrected chi connectivity index (χ1v) is 8.41. The molecule has 3 rings (SSSR count). The van der Waals surface area contributed by atoms with Crippen molar-refractivity contribution in [3.05, 3.63) is 40.5 Å². The highest BCUT2D eigenvalue weighted by atomic mass is 79.9. The van der Waals surface area contributed by atoms with Crippen molar-refractivity contribution in [2.75, 3.05) is 33.2 Å². The smallest absolute Gasteiger partial charge is 0.255 e. The number of carbonyl (C=O) groups excluding carboxylic acids is 1. The summed E-state index contributed by atoms with van der Waals surface area (Å²) in [6, 6.07) is 7.34. The lowest BCUT2D eigenvalue weighted by Crippen LogP contribution is -2.18. The average molecular weight is 404 g/mol. The molecule has 0 aliphatic rings. The summed E-state index contributed by atoms with van der Waals surface area (Å²) in [7, 11) is 7.04. The molecule has 130 valence electrons. The first-order chi connectivity index (χ1) is 12.0. The van der Waals surface area contributed by atoms with E-state index in [-0.39, 0.29) is 5.91 Å². The van der Waals surface area contributed by atoms with Crippen LogP contribution in [0.5, 0.6) is 5.88 Å². The van der Waals surface area contributed by atoms with Gasteiger partial charge in [0.1, 0.15) is 11.3 Å². The third-order valence-corrected chi connectivity index (χ3v) is 4.53. The largest absolute Gasteiger partial charge is 0.481 e. The second-order valence-corrected chi connectivity index (χ2v) is 6.52. The number of ether oxygens (including phenoxy) is 1. The zero-order chi connectivity index (χ0) is 18.1. The van der Waals surface area contributed by atoms with Gasteiger partial charge in [-0.25, -0.2) is 4.98 Å². The van der Waals surface area contributed by atoms with Crippen LogP contribution in [0.4, 0.5) is 5.69 Å². The van der Waals surface area contributed by atoms with E-state index in [9.17, 15) is 4.79 Å². The Morgan fingerprint density at radius 3 is 2.72 bits per heavy atom. The van der Waals surface area contributed by atoms with Gasteiger partial charge in [0.05, 0.1) is 18.4 Å². The fraction of sp³-hybridized carbons (Fsp3) is 0.222. The first kappa shape index (κ1) is 17.3. The van der Waals surface area contributed by atoms with Crippen LogP contribution in [0.25, 0.3) is 22.3 Å². The Labute approximate surface area is 153 Å². The number of rotatable bonds is 4. The number of hydrogen-bond acceptors (Lipinski definition) is 5. The van der Waals surface area contributed by atoms with Gasteiger partial charge in [-0.2, -0.15) is 0 Å². The molecule has 0 aliphatic carbocycles. The molecule has 25 heavy (non-hydrogen) atoms. The fourth-order valence-corrected chi connectivity index (χ4v) is 3.36. The Balaban J connectivity index is 2.31. The van der Waals surface area contributed by atoms with Gasteiger partial charge in [-0.05, 0) is 28.1 Å². The van der Waals surface area contributed by atoms with E-state index in [4.69, 9.17) is 9.15 Å². The predicted molar refractivity (Wildman–Crippen MR) is 101 cm³/mol. The fourth-order valence-electron chi connectivity index (χ4n) is 2.66. The van der Waals surface area contributed by atoms with Gasteiger partial charge in [0.25, 0.3) is 5.91 Å². The Morgan fingerprint density at radius 1 is 1.32 bits per heavy atom. The lowest BCUT2D eigenvalue weighted by Gasteiger charge is -2.14. The minimum Gasteiger partial charge on any atom is -0.481 e. The van der Waals surface area contributed by atoms with E-state index in [2.05, 4.69) is 26.2 Å². The second-order valence-electron chi connectivity index (χ2n) is 5.67. The number of pyridine rings is 1. The molecule has 7 heteroatoms. The highest BCUT2D eigenvalue weighted by Crippen LogP contribution is 2.39. The number of halogens is 1. The number of nitrogens with zero attached hydrogens (tertiary/aromatic N) is 2. The molecule has 0 saturated carbocycles. The SMILES string of the molecule is CNC(=O)c1c(-c2ccnc(OC)c2)oc2cc(N(C)C)c(Br)cc12. The van der Waals surface area contributed by atoms with Crippen LogP contribution in [0, 0.1) is 0 Å². The van der Waals surface area contributed by atoms with Crippen LogP contribution in [-0.2, 0) is 0 Å². The molecule has 0 saturated heterocycles. The van der Waals surface area contributed by atoms with Crippen LogP contribution in [0.1, 0.15) is 10.4 Å². The number of nitrogens with one attached hydrogen (secondary N) is 1. The summed E-state index contributed by atoms with van der Waals surface area (Å²) in [5.74, 6) is 0.725. The summed E-state index contributed by atoms with van der Waals surface area (Å²) in [5.41, 5.74) is 2.81. The molecule has 6 nitrogen and oxygen atoms in total. The highest BCUT2D eigenvalue weighted by molar-refractivity contribution is 9.10. The van der Waals surface area contributed by atoms with Crippen molar-refractivity contribution in [3.8, 4) is 17.2 Å². The molecule has 0 spiro atoms. The van der Waals surface area contributed by atoms with Gasteiger partial charge in [-0.1, -0.05) is 0 Å². The van der Waals surface area contributed by atoms with Crippen LogP contribution in [0.2, 0.25) is 0 Å². The summed E-state index contributed by atoms with van der Waals surface area (Å²) < 4.78 is 12.1. The molecule has 3 aromatic rings. The van der Waals surface area contributed by atoms with Crippen LogP contribution >= 0.6 is 15.9 Å². The molecule has 1 amide bonds. The van der Waals surface area contributed by atoms with Gasteiger partial charge in [0, 0.05) is 54.9 Å². The Morgan fingerprint density at radius 2 is 2.08 bits per heavy atom. The maximum absolute atomic E-state index is 12.5. The number of aromatic nitrogens is 1. The van der Waals surface area contributed by atoms with Gasteiger partial charge in [0.2, 0.25) is 5.88 Å². The van der Waals surface area contributed by atoms with E-state index in [1.807, 2.05) is 31.1 Å². The molecule has 0 radical (unpaired) electrons. The lowest BCUT2D eigenvalue weighted by molar-refractivity contribution is 0.0964. The molecule has 1 aromatic carbocycles. The summed E-state index contributed by atoms with van der Waals surface area (Å²) in [6.07, 6.45) is 1.62. The Bertz CT molecular complexity index is 950. The van der Waals surface area contributed by atoms with Crippen molar-refractivity contribution in [2.45, 2.75) is 0 Å². The maximum Gasteiger partial charge on any atom is 0.255 e. The van der Waals surface area contributed by atoms with Gasteiger partial charge >= 0.3 is 0 Å². The third kappa shape index (κ3) is 3.07. The number of fused-ring (bicyclic) bond motifs is 1. The standard InChI is InChI=1S/C18H18BrN3O3/c1-20-18(23)16-11-8-12(19)13(22(2)3)9-14(11)25-17(16)10-5-6-21-15(7-10)24-4/h5-9H,1-4H3,(H,20,23). The molecule has 2 heterocycles. The van der Waals surface area contributed by atoms with Crippen molar-refractivity contribution >= 4 is 38.5 Å². The number of furan rings is 1. The number of amides is 1. The lowest BCUT2D eigenvalue weighted by atomic mass is 10.1. The molecule has 1 N–H and O–H groups in total. The van der Waals surface area contributed by atoms with E-state index >= 15 is 0 Å². The topological polar surface area (TPSA) is 67.6 Å². The molecule has 2 aromatic heterocycles. The average Bonchev–Trinajstić information content (AvgIpc) is 2.98. The van der Waals surface area contributed by atoms with E-state index < -0.39 is 0 Å². The Kier molecular flexibility index (Phi) is 4.67. The predicted octanol–water partition coefficient (Wildman–Crippen LogP) is 3.69. The highest BCUT2D eigenvalue weighted by Gasteiger charge is 2.23. The zero-order valence-corrected chi connectivity index (χ0v) is 16.0. The van der Waals surface area contributed by atoms with Crippen LogP contribution in [0.15, 0.2) is 39.4 Å². The van der Waals surface area contributed by atoms with Crippen LogP contribution < -0.4 is 15.0 Å². The summed E-state index contributed by atoms with van der Waals surface area (Å²) >= 11 is 3.57. The van der Waals surface area contributed by atoms with Gasteiger partial charge < -0.3 is 19.4 Å². The molecule has 0 aliphatic heterocycles. The van der Waals surface area contributed by atoms with Gasteiger partial charge in [-0.3, -0.25) is 4.79 Å². The Hall–Kier alpha value is -2.54. The van der Waals surface area contributed by atoms with E-state index in [1.165, 1.54) is 0 Å². The van der Waals surface area contributed by atoms with Crippen molar-refractivity contribution in [1.82, 2.24) is 10.3 Å². The number of anilines is 1. The third-order valence-electron chi connectivity index (χ3n) is 3.90. The van der Waals surface area contributed by atoms with Crippen LogP contribution in [0.3, 0.4) is 0 Å². The van der Waals surface area contributed by atoms with Crippen molar-refractivity contribution in [3.63, 3.8) is 0 Å². The monoisotopic (exact) mass is 403 g/mol. The van der Waals surface area contributed by atoms with Gasteiger partial charge in [-0.15, -0.1) is 0 Å². The summed E-state index contributed by atoms with van der Waals surface area (Å²) in [4.78, 5) is 18.6. The minimum atomic E-state index is -0.214. The van der Waals surface area contributed by atoms with Crippen molar-refractivity contribution in [2.24, 2.45) is 0 Å². The van der Waals surface area contributed by atoms with E-state index in [0.717, 1.165) is 21.1 Å². The summed E-state index contributed by atoms with van der Waals surface area (Å²) in [5, 5.41) is 3.42. The zero-order valence-electron chi connectivity index (χ0n) is 14.4. The molecular weight excluding hydrogens is 386 g/mol. The quantitative estimate of drug-likeness (QED) is 0.719. The number of methoxy groups -OCH3 is 1. The number of hydrogen-bond donors (Lipinski definition) is 1.